The lowest BCUT2D eigenvalue weighted by Crippen LogP contribution is -2.36. The number of nitro groups is 1. The van der Waals surface area contributed by atoms with Gasteiger partial charge in [0.15, 0.2) is 4.90 Å². The molecule has 9 nitrogen and oxygen atoms in total. The Morgan fingerprint density at radius 2 is 1.86 bits per heavy atom. The molecule has 1 N–H and O–H groups in total. The van der Waals surface area contributed by atoms with Crippen LogP contribution in [-0.4, -0.2) is 40.7 Å². The fraction of sp³-hybridized carbons (Fsp3) is 0.400. The van der Waals surface area contributed by atoms with Crippen molar-refractivity contribution in [2.75, 3.05) is 12.9 Å². The zero-order chi connectivity index (χ0) is 16.3. The van der Waals surface area contributed by atoms with Crippen LogP contribution in [0.25, 0.3) is 0 Å². The minimum absolute atomic E-state index is 0.418. The molecule has 11 heteroatoms. The van der Waals surface area contributed by atoms with Crippen LogP contribution in [0.4, 0.5) is 5.69 Å². The highest BCUT2D eigenvalue weighted by atomic mass is 32.2. The molecule has 0 spiro atoms. The second-order valence-electron chi connectivity index (χ2n) is 4.24. The maximum atomic E-state index is 12.1. The standard InChI is InChI=1S/C10H14N2O7S2/c1-8(7-19-20(2,15)16)11-21(17,18)10-6-4-3-5-9(10)12(13)14/h3-6,8,11H,7H2,1-2H3/t8-/m1/s1. The molecular weight excluding hydrogens is 324 g/mol. The second kappa shape index (κ2) is 6.47. The molecule has 0 bridgehead atoms. The predicted molar refractivity (Wildman–Crippen MR) is 73.7 cm³/mol. The second-order valence-corrected chi connectivity index (χ2v) is 7.56. The third-order valence-corrected chi connectivity index (χ3v) is 4.44. The topological polar surface area (TPSA) is 133 Å². The Kier molecular flexibility index (Phi) is 5.39. The Morgan fingerprint density at radius 1 is 1.29 bits per heavy atom. The molecule has 0 amide bonds. The van der Waals surface area contributed by atoms with Crippen molar-refractivity contribution < 1.29 is 25.9 Å². The van der Waals surface area contributed by atoms with Crippen LogP contribution in [0.3, 0.4) is 0 Å². The molecule has 0 saturated carbocycles. The molecule has 118 valence electrons. The average molecular weight is 338 g/mol. The lowest BCUT2D eigenvalue weighted by molar-refractivity contribution is -0.387. The molecule has 0 fully saturated rings. The number of nitro benzene ring substituents is 1. The van der Waals surface area contributed by atoms with E-state index in [1.807, 2.05) is 0 Å². The SMILES string of the molecule is C[C@H](COS(C)(=O)=O)NS(=O)(=O)c1ccccc1[N+](=O)[O-]. The number of hydrogen-bond donors (Lipinski definition) is 1. The van der Waals surface area contributed by atoms with Gasteiger partial charge in [-0.05, 0) is 13.0 Å². The van der Waals surface area contributed by atoms with Crippen LogP contribution in [0.5, 0.6) is 0 Å². The van der Waals surface area contributed by atoms with E-state index in [1.165, 1.54) is 19.1 Å². The zero-order valence-corrected chi connectivity index (χ0v) is 12.8. The summed E-state index contributed by atoms with van der Waals surface area (Å²) in [5, 5.41) is 10.8. The van der Waals surface area contributed by atoms with Gasteiger partial charge in [0.1, 0.15) is 0 Å². The normalized spacial score (nSPS) is 13.8. The fourth-order valence-electron chi connectivity index (χ4n) is 1.42. The van der Waals surface area contributed by atoms with Crippen molar-refractivity contribution in [1.82, 2.24) is 4.72 Å². The molecule has 1 aromatic rings. The van der Waals surface area contributed by atoms with Gasteiger partial charge < -0.3 is 0 Å². The van der Waals surface area contributed by atoms with Crippen LogP contribution >= 0.6 is 0 Å². The number of sulfonamides is 1. The molecule has 1 aromatic carbocycles. The first-order valence-electron chi connectivity index (χ1n) is 5.63. The monoisotopic (exact) mass is 338 g/mol. The van der Waals surface area contributed by atoms with E-state index in [1.54, 1.807) is 0 Å². The molecule has 1 atom stereocenters. The van der Waals surface area contributed by atoms with Crippen molar-refractivity contribution in [2.45, 2.75) is 17.9 Å². The van der Waals surface area contributed by atoms with Gasteiger partial charge in [0.05, 0.1) is 17.8 Å². The Hall–Kier alpha value is -1.56. The summed E-state index contributed by atoms with van der Waals surface area (Å²) in [4.78, 5) is 9.51. The van der Waals surface area contributed by atoms with Gasteiger partial charge in [-0.3, -0.25) is 14.3 Å². The van der Waals surface area contributed by atoms with E-state index in [2.05, 4.69) is 8.91 Å². The summed E-state index contributed by atoms with van der Waals surface area (Å²) < 4.78 is 52.4. The van der Waals surface area contributed by atoms with Gasteiger partial charge >= 0.3 is 0 Å². The van der Waals surface area contributed by atoms with Gasteiger partial charge in [0.2, 0.25) is 10.0 Å². The number of rotatable bonds is 7. The number of benzene rings is 1. The lowest BCUT2D eigenvalue weighted by atomic mass is 10.3. The Bertz CT molecular complexity index is 728. The first-order chi connectivity index (χ1) is 9.53. The van der Waals surface area contributed by atoms with Crippen molar-refractivity contribution in [3.63, 3.8) is 0 Å². The third kappa shape index (κ3) is 5.38. The minimum atomic E-state index is -4.17. The molecule has 0 aromatic heterocycles. The Morgan fingerprint density at radius 3 is 2.38 bits per heavy atom. The van der Waals surface area contributed by atoms with Crippen molar-refractivity contribution in [2.24, 2.45) is 0 Å². The summed E-state index contributed by atoms with van der Waals surface area (Å²) in [6, 6.07) is 3.95. The maximum absolute atomic E-state index is 12.1. The average Bonchev–Trinajstić information content (AvgIpc) is 2.35. The zero-order valence-electron chi connectivity index (χ0n) is 11.2. The van der Waals surface area contributed by atoms with Gasteiger partial charge in [0, 0.05) is 12.1 Å². The number of nitrogens with zero attached hydrogens (tertiary/aromatic N) is 1. The van der Waals surface area contributed by atoms with Gasteiger partial charge in [-0.2, -0.15) is 8.42 Å². The summed E-state index contributed by atoms with van der Waals surface area (Å²) in [5.74, 6) is 0. The summed E-state index contributed by atoms with van der Waals surface area (Å²) in [7, 11) is -7.87. The van der Waals surface area contributed by atoms with Crippen LogP contribution < -0.4 is 4.72 Å². The largest absolute Gasteiger partial charge is 0.289 e. The maximum Gasteiger partial charge on any atom is 0.289 e. The van der Waals surface area contributed by atoms with E-state index in [4.69, 9.17) is 0 Å². The summed E-state index contributed by atoms with van der Waals surface area (Å²) in [5.41, 5.74) is -0.568. The smallest absolute Gasteiger partial charge is 0.269 e. The van der Waals surface area contributed by atoms with E-state index < -0.39 is 48.3 Å². The summed E-state index contributed by atoms with van der Waals surface area (Å²) in [6.07, 6.45) is 0.830. The summed E-state index contributed by atoms with van der Waals surface area (Å²) in [6.45, 7) is 0.955. The molecule has 0 unspecified atom stereocenters. The summed E-state index contributed by atoms with van der Waals surface area (Å²) >= 11 is 0. The van der Waals surface area contributed by atoms with Crippen molar-refractivity contribution in [3.8, 4) is 0 Å². The van der Waals surface area contributed by atoms with Gasteiger partial charge in [-0.15, -0.1) is 0 Å². The molecule has 0 aliphatic rings. The predicted octanol–water partition coefficient (Wildman–Crippen LogP) is 0.238. The molecule has 0 aliphatic heterocycles. The molecule has 21 heavy (non-hydrogen) atoms. The molecular formula is C10H14N2O7S2. The Labute approximate surface area is 122 Å². The van der Waals surface area contributed by atoms with Crippen molar-refractivity contribution in [1.29, 1.82) is 0 Å². The number of nitrogens with one attached hydrogen (secondary N) is 1. The molecule has 0 saturated heterocycles. The fourth-order valence-corrected chi connectivity index (χ4v) is 3.27. The van der Waals surface area contributed by atoms with E-state index in [0.29, 0.717) is 0 Å². The Balaban J connectivity index is 2.95. The van der Waals surface area contributed by atoms with Crippen LogP contribution in [0.15, 0.2) is 29.2 Å². The van der Waals surface area contributed by atoms with E-state index in [0.717, 1.165) is 18.4 Å². The van der Waals surface area contributed by atoms with E-state index >= 15 is 0 Å². The number of para-hydroxylation sites is 1. The van der Waals surface area contributed by atoms with Crippen LogP contribution in [0, 0.1) is 10.1 Å². The van der Waals surface area contributed by atoms with E-state index in [-0.39, 0.29) is 0 Å². The van der Waals surface area contributed by atoms with E-state index in [9.17, 15) is 26.9 Å². The van der Waals surface area contributed by atoms with Crippen LogP contribution in [0.2, 0.25) is 0 Å². The first kappa shape index (κ1) is 17.5. The van der Waals surface area contributed by atoms with Crippen LogP contribution in [0.1, 0.15) is 6.92 Å². The minimum Gasteiger partial charge on any atom is -0.269 e. The quantitative estimate of drug-likeness (QED) is 0.427. The van der Waals surface area contributed by atoms with Crippen molar-refractivity contribution >= 4 is 25.8 Å². The van der Waals surface area contributed by atoms with Gasteiger partial charge in [-0.1, -0.05) is 12.1 Å². The highest BCUT2D eigenvalue weighted by Crippen LogP contribution is 2.22. The van der Waals surface area contributed by atoms with Gasteiger partial charge in [0.25, 0.3) is 15.8 Å². The number of hydrogen-bond acceptors (Lipinski definition) is 7. The third-order valence-electron chi connectivity index (χ3n) is 2.24. The molecule has 0 aliphatic carbocycles. The van der Waals surface area contributed by atoms with Gasteiger partial charge in [-0.25, -0.2) is 13.1 Å². The highest BCUT2D eigenvalue weighted by molar-refractivity contribution is 7.89. The molecule has 0 radical (unpaired) electrons. The van der Waals surface area contributed by atoms with Crippen LogP contribution in [-0.2, 0) is 24.3 Å². The van der Waals surface area contributed by atoms with Crippen molar-refractivity contribution in [3.05, 3.63) is 34.4 Å². The molecule has 1 rings (SSSR count). The first-order valence-corrected chi connectivity index (χ1v) is 8.93. The highest BCUT2D eigenvalue weighted by Gasteiger charge is 2.26. The molecule has 0 heterocycles. The lowest BCUT2D eigenvalue weighted by Gasteiger charge is -2.13.